The third-order valence-electron chi connectivity index (χ3n) is 7.21. The van der Waals surface area contributed by atoms with Gasteiger partial charge in [-0.25, -0.2) is 5.01 Å². The lowest BCUT2D eigenvalue weighted by molar-refractivity contribution is -0.154. The average Bonchev–Trinajstić information content (AvgIpc) is 3.43. The van der Waals surface area contributed by atoms with E-state index < -0.39 is 36.1 Å². The number of amides is 3. The second-order valence-corrected chi connectivity index (χ2v) is 11.6. The Morgan fingerprint density at radius 3 is 2.09 bits per heavy atom. The minimum Gasteiger partial charge on any atom is -0.292 e. The minimum atomic E-state index is -0.661. The number of nitrogens with zero attached hydrogens (tertiary/aromatic N) is 2. The Balaban J connectivity index is 1.52. The molecular weight excluding hydrogens is 588 g/mol. The van der Waals surface area contributed by atoms with Gasteiger partial charge in [-0.05, 0) is 37.3 Å². The summed E-state index contributed by atoms with van der Waals surface area (Å²) in [6.45, 7) is 1.46. The van der Waals surface area contributed by atoms with Crippen LogP contribution >= 0.6 is 43.5 Å². The molecule has 6 atom stereocenters. The molecule has 3 fully saturated rings. The van der Waals surface area contributed by atoms with Crippen molar-refractivity contribution in [3.8, 4) is 0 Å². The van der Waals surface area contributed by atoms with Crippen LogP contribution in [-0.2, 0) is 9.59 Å². The van der Waals surface area contributed by atoms with E-state index in [1.54, 1.807) is 42.5 Å². The van der Waals surface area contributed by atoms with Gasteiger partial charge in [0, 0.05) is 15.2 Å². The molecule has 2 saturated carbocycles. The fourth-order valence-corrected chi connectivity index (χ4v) is 7.63. The number of carbonyl (C=O) groups is 4. The van der Waals surface area contributed by atoms with Crippen molar-refractivity contribution < 1.29 is 19.2 Å². The van der Waals surface area contributed by atoms with E-state index in [1.165, 1.54) is 6.07 Å². The van der Waals surface area contributed by atoms with Crippen molar-refractivity contribution in [1.29, 1.82) is 0 Å². The van der Waals surface area contributed by atoms with E-state index in [4.69, 9.17) is 11.6 Å². The summed E-state index contributed by atoms with van der Waals surface area (Å²) in [7, 11) is 0. The van der Waals surface area contributed by atoms with Gasteiger partial charge >= 0.3 is 0 Å². The van der Waals surface area contributed by atoms with E-state index >= 15 is 0 Å². The molecule has 2 aromatic carbocycles. The van der Waals surface area contributed by atoms with Crippen LogP contribution in [0.25, 0.3) is 0 Å². The Morgan fingerprint density at radius 2 is 1.53 bits per heavy atom. The molecule has 5 rings (SSSR count). The highest BCUT2D eigenvalue weighted by molar-refractivity contribution is 9.12. The third kappa shape index (κ3) is 3.65. The number of fused-ring (bicyclic) bond motifs is 5. The number of benzene rings is 2. The number of ketones is 1. The molecule has 3 aliphatic rings. The quantitative estimate of drug-likeness (QED) is 0.281. The highest BCUT2D eigenvalue weighted by atomic mass is 79.9. The van der Waals surface area contributed by atoms with Crippen molar-refractivity contribution >= 4 is 67.0 Å². The number of alkyl halides is 2. The lowest BCUT2D eigenvalue weighted by Gasteiger charge is -2.31. The lowest BCUT2D eigenvalue weighted by Crippen LogP contribution is -2.52. The monoisotopic (exact) mass is 606 g/mol. The van der Waals surface area contributed by atoms with E-state index in [1.807, 2.05) is 6.92 Å². The van der Waals surface area contributed by atoms with Crippen LogP contribution in [0, 0.1) is 30.6 Å². The molecule has 0 N–H and O–H groups in total. The second-order valence-electron chi connectivity index (χ2n) is 9.12. The van der Waals surface area contributed by atoms with E-state index in [2.05, 4.69) is 31.9 Å². The van der Waals surface area contributed by atoms with Gasteiger partial charge in [-0.1, -0.05) is 85.4 Å². The van der Waals surface area contributed by atoms with Gasteiger partial charge < -0.3 is 0 Å². The fraction of sp³-hybridized carbons (Fsp3) is 0.360. The van der Waals surface area contributed by atoms with Gasteiger partial charge in [0.05, 0.1) is 22.4 Å². The van der Waals surface area contributed by atoms with Crippen LogP contribution in [0.1, 0.15) is 32.7 Å². The number of imide groups is 1. The summed E-state index contributed by atoms with van der Waals surface area (Å²) in [6, 6.07) is 13.3. The molecule has 1 saturated heterocycles. The maximum Gasteiger partial charge on any atom is 0.274 e. The van der Waals surface area contributed by atoms with Gasteiger partial charge in [0.1, 0.15) is 6.54 Å². The van der Waals surface area contributed by atoms with E-state index in [-0.39, 0.29) is 37.9 Å². The van der Waals surface area contributed by atoms with Gasteiger partial charge in [-0.2, -0.15) is 5.01 Å². The first-order valence-corrected chi connectivity index (χ1v) is 13.2. The zero-order valence-corrected chi connectivity index (χ0v) is 22.1. The van der Waals surface area contributed by atoms with Crippen molar-refractivity contribution in [3.05, 3.63) is 70.2 Å². The number of hydrogen-bond donors (Lipinski definition) is 0. The molecule has 2 aromatic rings. The van der Waals surface area contributed by atoms with E-state index in [0.29, 0.717) is 5.56 Å². The first kappa shape index (κ1) is 23.7. The van der Waals surface area contributed by atoms with Gasteiger partial charge in [0.15, 0.2) is 5.78 Å². The maximum atomic E-state index is 13.6. The average molecular weight is 609 g/mol. The predicted octanol–water partition coefficient (Wildman–Crippen LogP) is 4.67. The normalized spacial score (nSPS) is 29.5. The number of hydrogen-bond acceptors (Lipinski definition) is 4. The van der Waals surface area contributed by atoms with Gasteiger partial charge in [0.2, 0.25) is 0 Å². The van der Waals surface area contributed by atoms with E-state index in [0.717, 1.165) is 22.0 Å². The Morgan fingerprint density at radius 1 is 0.971 bits per heavy atom. The van der Waals surface area contributed by atoms with Gasteiger partial charge in [0.25, 0.3) is 17.7 Å². The standard InChI is InChI=1S/C25H21Br2ClN2O4/c1-12-6-8-13(9-7-12)18(31)11-29(23(32)14-4-2-3-5-17(14)28)30-24(33)19-15-10-16(20(19)25(30)34)22(27)21(15)26/h2-9,15-16,19-22H,10-11H2,1H3/t15-,16-,19-,20+,21-,22+/m1/s1. The highest BCUT2D eigenvalue weighted by Gasteiger charge is 2.67. The summed E-state index contributed by atoms with van der Waals surface area (Å²) in [6.07, 6.45) is 0.771. The Hall–Kier alpha value is -2.03. The molecule has 34 heavy (non-hydrogen) atoms. The van der Waals surface area contributed by atoms with Crippen LogP contribution in [-0.4, -0.2) is 49.7 Å². The van der Waals surface area contributed by atoms with E-state index in [9.17, 15) is 19.2 Å². The molecule has 1 heterocycles. The molecule has 2 aliphatic carbocycles. The van der Waals surface area contributed by atoms with Crippen LogP contribution in [0.4, 0.5) is 0 Å². The first-order valence-electron chi connectivity index (χ1n) is 11.0. The Bertz CT molecular complexity index is 1170. The number of Topliss-reactive ketones (excluding diaryl/α,β-unsaturated/α-hetero) is 1. The van der Waals surface area contributed by atoms with Crippen LogP contribution in [0.15, 0.2) is 48.5 Å². The molecule has 0 spiro atoms. The number of carbonyl (C=O) groups excluding carboxylic acids is 4. The van der Waals surface area contributed by atoms with Crippen LogP contribution in [0.2, 0.25) is 5.02 Å². The SMILES string of the molecule is Cc1ccc(C(=O)CN(C(=O)c2ccccc2Cl)N2C(=O)[C@@H]3[C@H]4C[C@@H]([C@H](Br)[C@@H]4Br)[C@@H]3C2=O)cc1. The van der Waals surface area contributed by atoms with Crippen LogP contribution in [0.5, 0.6) is 0 Å². The van der Waals surface area contributed by atoms with Crippen LogP contribution < -0.4 is 0 Å². The molecule has 2 bridgehead atoms. The summed E-state index contributed by atoms with van der Waals surface area (Å²) >= 11 is 13.6. The molecule has 0 radical (unpaired) electrons. The topological polar surface area (TPSA) is 74.8 Å². The van der Waals surface area contributed by atoms with Crippen molar-refractivity contribution in [2.75, 3.05) is 6.54 Å². The maximum absolute atomic E-state index is 13.6. The zero-order valence-electron chi connectivity index (χ0n) is 18.2. The number of rotatable bonds is 5. The van der Waals surface area contributed by atoms with Crippen molar-refractivity contribution in [3.63, 3.8) is 0 Å². The van der Waals surface area contributed by atoms with Gasteiger partial charge in [-0.15, -0.1) is 0 Å². The molecular formula is C25H21Br2ClN2O4. The summed E-state index contributed by atoms with van der Waals surface area (Å²) in [5.74, 6) is -2.93. The van der Waals surface area contributed by atoms with Crippen molar-refractivity contribution in [2.45, 2.75) is 23.0 Å². The zero-order chi connectivity index (χ0) is 24.3. The van der Waals surface area contributed by atoms with Crippen LogP contribution in [0.3, 0.4) is 0 Å². The summed E-state index contributed by atoms with van der Waals surface area (Å²) in [5.41, 5.74) is 1.50. The molecule has 0 aromatic heterocycles. The summed E-state index contributed by atoms with van der Waals surface area (Å²) in [5, 5.41) is 2.08. The van der Waals surface area contributed by atoms with Gasteiger partial charge in [-0.3, -0.25) is 19.2 Å². The molecule has 0 unspecified atom stereocenters. The summed E-state index contributed by atoms with van der Waals surface area (Å²) in [4.78, 5) is 54.1. The number of halogens is 3. The minimum absolute atomic E-state index is 0.00843. The molecule has 6 nitrogen and oxygen atoms in total. The Kier molecular flexibility index (Phi) is 6.19. The third-order valence-corrected chi connectivity index (χ3v) is 10.7. The molecule has 176 valence electrons. The number of hydrazine groups is 1. The first-order chi connectivity index (χ1) is 16.2. The largest absolute Gasteiger partial charge is 0.292 e. The smallest absolute Gasteiger partial charge is 0.274 e. The second kappa shape index (κ2) is 8.88. The lowest BCUT2D eigenvalue weighted by atomic mass is 9.81. The molecule has 3 amide bonds. The van der Waals surface area contributed by atoms with Crippen molar-refractivity contribution in [1.82, 2.24) is 10.0 Å². The molecule has 1 aliphatic heterocycles. The Labute approximate surface area is 218 Å². The highest BCUT2D eigenvalue weighted by Crippen LogP contribution is 2.60. The predicted molar refractivity (Wildman–Crippen MR) is 134 cm³/mol. The summed E-state index contributed by atoms with van der Waals surface area (Å²) < 4.78 is 0. The van der Waals surface area contributed by atoms with Crippen molar-refractivity contribution in [2.24, 2.45) is 23.7 Å². The number of aryl methyl sites for hydroxylation is 1. The molecule has 9 heteroatoms. The fourth-order valence-electron chi connectivity index (χ4n) is 5.54.